The molecule has 0 saturated carbocycles. The van der Waals surface area contributed by atoms with E-state index < -0.39 is 5.82 Å². The summed E-state index contributed by atoms with van der Waals surface area (Å²) in [7, 11) is 0. The highest BCUT2D eigenvalue weighted by Gasteiger charge is 2.07. The minimum Gasteiger partial charge on any atom is -0.395 e. The van der Waals surface area contributed by atoms with Crippen LogP contribution in [-0.2, 0) is 0 Å². The van der Waals surface area contributed by atoms with Crippen molar-refractivity contribution in [3.05, 3.63) is 34.6 Å². The van der Waals surface area contributed by atoms with E-state index in [0.29, 0.717) is 13.1 Å². The second-order valence-corrected chi connectivity index (χ2v) is 3.61. The van der Waals surface area contributed by atoms with Crippen molar-refractivity contribution in [2.75, 3.05) is 19.7 Å². The van der Waals surface area contributed by atoms with E-state index in [-0.39, 0.29) is 17.7 Å². The van der Waals surface area contributed by atoms with Crippen molar-refractivity contribution in [3.8, 4) is 0 Å². The molecule has 1 aromatic carbocycles. The average Bonchev–Trinajstić information content (AvgIpc) is 2.22. The Labute approximate surface area is 93.0 Å². The molecule has 0 aliphatic heterocycles. The summed E-state index contributed by atoms with van der Waals surface area (Å²) in [4.78, 5) is 0. The van der Waals surface area contributed by atoms with Gasteiger partial charge >= 0.3 is 0 Å². The molecule has 0 unspecified atom stereocenters. The van der Waals surface area contributed by atoms with E-state index in [1.807, 2.05) is 0 Å². The Morgan fingerprint density at radius 3 is 2.87 bits per heavy atom. The lowest BCUT2D eigenvalue weighted by molar-refractivity contribution is 0.291. The molecule has 15 heavy (non-hydrogen) atoms. The average molecular weight is 233 g/mol. The van der Waals surface area contributed by atoms with Gasteiger partial charge in [0.05, 0.1) is 11.6 Å². The summed E-state index contributed by atoms with van der Waals surface area (Å²) in [6.45, 7) is 1.07. The van der Waals surface area contributed by atoms with Crippen LogP contribution in [0.5, 0.6) is 0 Å². The van der Waals surface area contributed by atoms with Gasteiger partial charge in [0.15, 0.2) is 0 Å². The molecule has 4 N–H and O–H groups in total. The first-order chi connectivity index (χ1) is 7.15. The fourth-order valence-electron chi connectivity index (χ4n) is 1.20. The first-order valence-corrected chi connectivity index (χ1v) is 5.05. The predicted molar refractivity (Wildman–Crippen MR) is 58.3 cm³/mol. The Kier molecular flexibility index (Phi) is 4.98. The number of halogens is 2. The summed E-state index contributed by atoms with van der Waals surface area (Å²) in [5.41, 5.74) is 6.60. The maximum atomic E-state index is 12.8. The number of rotatable bonds is 5. The lowest BCUT2D eigenvalue weighted by atomic mass is 10.1. The van der Waals surface area contributed by atoms with Crippen LogP contribution in [0, 0.1) is 5.82 Å². The molecular weight excluding hydrogens is 219 g/mol. The summed E-state index contributed by atoms with van der Waals surface area (Å²) >= 11 is 5.63. The van der Waals surface area contributed by atoms with Gasteiger partial charge in [-0.2, -0.15) is 0 Å². The smallest absolute Gasteiger partial charge is 0.141 e. The quantitative estimate of drug-likeness (QED) is 0.666. The molecule has 0 aliphatic rings. The molecule has 0 bridgehead atoms. The second kappa shape index (κ2) is 6.02. The normalized spacial score (nSPS) is 12.8. The van der Waals surface area contributed by atoms with Crippen LogP contribution in [0.4, 0.5) is 4.39 Å². The Bertz CT molecular complexity index is 322. The third-order valence-corrected chi connectivity index (χ3v) is 2.31. The van der Waals surface area contributed by atoms with Crippen LogP contribution in [0.1, 0.15) is 11.6 Å². The highest BCUT2D eigenvalue weighted by Crippen LogP contribution is 2.19. The molecule has 5 heteroatoms. The topological polar surface area (TPSA) is 58.3 Å². The van der Waals surface area contributed by atoms with E-state index in [9.17, 15) is 4.39 Å². The molecule has 0 spiro atoms. The molecule has 0 heterocycles. The van der Waals surface area contributed by atoms with Crippen LogP contribution < -0.4 is 11.1 Å². The summed E-state index contributed by atoms with van der Waals surface area (Å²) in [6.07, 6.45) is 0. The number of benzene rings is 1. The highest BCUT2D eigenvalue weighted by atomic mass is 35.5. The van der Waals surface area contributed by atoms with Crippen molar-refractivity contribution in [2.24, 2.45) is 5.73 Å². The van der Waals surface area contributed by atoms with E-state index in [1.54, 1.807) is 6.07 Å². The number of hydrogen-bond donors (Lipinski definition) is 3. The van der Waals surface area contributed by atoms with Crippen LogP contribution in [0.3, 0.4) is 0 Å². The SMILES string of the molecule is N[C@H](CNCCO)c1ccc(F)c(Cl)c1. The van der Waals surface area contributed by atoms with E-state index in [2.05, 4.69) is 5.32 Å². The molecule has 1 atom stereocenters. The summed E-state index contributed by atoms with van der Waals surface area (Å²) < 4.78 is 12.8. The molecule has 3 nitrogen and oxygen atoms in total. The molecule has 0 fully saturated rings. The Morgan fingerprint density at radius 2 is 2.27 bits per heavy atom. The largest absolute Gasteiger partial charge is 0.395 e. The van der Waals surface area contributed by atoms with Crippen molar-refractivity contribution < 1.29 is 9.50 Å². The fraction of sp³-hybridized carbons (Fsp3) is 0.400. The zero-order chi connectivity index (χ0) is 11.3. The zero-order valence-corrected chi connectivity index (χ0v) is 8.97. The van der Waals surface area contributed by atoms with Crippen LogP contribution in [0.25, 0.3) is 0 Å². The Morgan fingerprint density at radius 1 is 1.53 bits per heavy atom. The van der Waals surface area contributed by atoms with Gasteiger partial charge in [-0.1, -0.05) is 17.7 Å². The molecular formula is C10H14ClFN2O. The highest BCUT2D eigenvalue weighted by molar-refractivity contribution is 6.30. The van der Waals surface area contributed by atoms with Gasteiger partial charge in [0.1, 0.15) is 5.82 Å². The van der Waals surface area contributed by atoms with Crippen molar-refractivity contribution in [3.63, 3.8) is 0 Å². The molecule has 1 rings (SSSR count). The van der Waals surface area contributed by atoms with Crippen LogP contribution in [0.15, 0.2) is 18.2 Å². The minimum atomic E-state index is -0.448. The maximum Gasteiger partial charge on any atom is 0.141 e. The Balaban J connectivity index is 2.57. The number of aliphatic hydroxyl groups is 1. The van der Waals surface area contributed by atoms with E-state index >= 15 is 0 Å². The minimum absolute atomic E-state index is 0.0664. The fourth-order valence-corrected chi connectivity index (χ4v) is 1.39. The molecule has 0 amide bonds. The van der Waals surface area contributed by atoms with Gasteiger partial charge < -0.3 is 16.2 Å². The Hall–Kier alpha value is -0.680. The summed E-state index contributed by atoms with van der Waals surface area (Å²) in [6, 6.07) is 4.16. The van der Waals surface area contributed by atoms with Crippen LogP contribution >= 0.6 is 11.6 Å². The van der Waals surface area contributed by atoms with E-state index in [0.717, 1.165) is 5.56 Å². The van der Waals surface area contributed by atoms with Gasteiger partial charge in [0.25, 0.3) is 0 Å². The zero-order valence-electron chi connectivity index (χ0n) is 8.21. The lowest BCUT2D eigenvalue weighted by Crippen LogP contribution is -2.28. The van der Waals surface area contributed by atoms with Crippen molar-refractivity contribution in [1.82, 2.24) is 5.32 Å². The van der Waals surface area contributed by atoms with Gasteiger partial charge in [0, 0.05) is 19.1 Å². The first-order valence-electron chi connectivity index (χ1n) is 4.67. The van der Waals surface area contributed by atoms with Crippen molar-refractivity contribution >= 4 is 11.6 Å². The first kappa shape index (κ1) is 12.4. The van der Waals surface area contributed by atoms with Gasteiger partial charge in [-0.15, -0.1) is 0 Å². The van der Waals surface area contributed by atoms with Crippen LogP contribution in [-0.4, -0.2) is 24.8 Å². The van der Waals surface area contributed by atoms with Crippen LogP contribution in [0.2, 0.25) is 5.02 Å². The lowest BCUT2D eigenvalue weighted by Gasteiger charge is -2.13. The predicted octanol–water partition coefficient (Wildman–Crippen LogP) is 1.06. The van der Waals surface area contributed by atoms with Gasteiger partial charge in [-0.25, -0.2) is 4.39 Å². The van der Waals surface area contributed by atoms with Gasteiger partial charge in [0.2, 0.25) is 0 Å². The molecule has 0 aromatic heterocycles. The number of nitrogens with one attached hydrogen (secondary N) is 1. The summed E-state index contributed by atoms with van der Waals surface area (Å²) in [5.74, 6) is -0.448. The number of nitrogens with two attached hydrogens (primary N) is 1. The van der Waals surface area contributed by atoms with Gasteiger partial charge in [-0.3, -0.25) is 0 Å². The number of aliphatic hydroxyl groups excluding tert-OH is 1. The summed E-state index contributed by atoms with van der Waals surface area (Å²) in [5, 5.41) is 11.6. The molecule has 0 radical (unpaired) electrons. The van der Waals surface area contributed by atoms with Crippen molar-refractivity contribution in [2.45, 2.75) is 6.04 Å². The standard InChI is InChI=1S/C10H14ClFN2O/c11-8-5-7(1-2-9(8)12)10(13)6-14-3-4-15/h1-2,5,10,14-15H,3-4,6,13H2/t10-/m1/s1. The molecule has 84 valence electrons. The van der Waals surface area contributed by atoms with E-state index in [1.165, 1.54) is 12.1 Å². The van der Waals surface area contributed by atoms with Crippen molar-refractivity contribution in [1.29, 1.82) is 0 Å². The van der Waals surface area contributed by atoms with E-state index in [4.69, 9.17) is 22.4 Å². The molecule has 1 aromatic rings. The third-order valence-electron chi connectivity index (χ3n) is 2.02. The van der Waals surface area contributed by atoms with Gasteiger partial charge in [-0.05, 0) is 17.7 Å². The maximum absolute atomic E-state index is 12.8. The molecule has 0 saturated heterocycles. The second-order valence-electron chi connectivity index (χ2n) is 3.21. The monoisotopic (exact) mass is 232 g/mol. The molecule has 0 aliphatic carbocycles. The third kappa shape index (κ3) is 3.76. The number of hydrogen-bond acceptors (Lipinski definition) is 3.